The summed E-state index contributed by atoms with van der Waals surface area (Å²) in [4.78, 5) is 11.6. The predicted octanol–water partition coefficient (Wildman–Crippen LogP) is 2.93. The summed E-state index contributed by atoms with van der Waals surface area (Å²) in [5.41, 5.74) is 1.61. The first kappa shape index (κ1) is 14.8. The zero-order chi connectivity index (χ0) is 13.5. The minimum absolute atomic E-state index is 0.249. The van der Waals surface area contributed by atoms with Crippen molar-refractivity contribution in [3.8, 4) is 0 Å². The number of aliphatic hydroxyl groups excluding tert-OH is 1. The Balaban J connectivity index is 2.47. The molecule has 0 saturated heterocycles. The Hall–Kier alpha value is -1.26. The van der Waals surface area contributed by atoms with Gasteiger partial charge in [0.15, 0.2) is 0 Å². The van der Waals surface area contributed by atoms with Crippen LogP contribution in [0.5, 0.6) is 0 Å². The fourth-order valence-corrected chi connectivity index (χ4v) is 1.71. The van der Waals surface area contributed by atoms with Crippen molar-refractivity contribution in [1.82, 2.24) is 5.32 Å². The summed E-state index contributed by atoms with van der Waals surface area (Å²) in [6.07, 6.45) is 1.06. The Morgan fingerprint density at radius 3 is 2.89 bits per heavy atom. The molecule has 1 aromatic carbocycles. The Labute approximate surface area is 112 Å². The molecule has 0 aliphatic rings. The summed E-state index contributed by atoms with van der Waals surface area (Å²) in [5, 5.41) is 15.4. The van der Waals surface area contributed by atoms with Crippen molar-refractivity contribution in [3.05, 3.63) is 28.8 Å². The van der Waals surface area contributed by atoms with E-state index < -0.39 is 6.10 Å². The number of amides is 2. The van der Waals surface area contributed by atoms with Crippen molar-refractivity contribution >= 4 is 23.3 Å². The Kier molecular flexibility index (Phi) is 5.95. The number of benzene rings is 1. The summed E-state index contributed by atoms with van der Waals surface area (Å²) in [5.74, 6) is 0. The lowest BCUT2D eigenvalue weighted by atomic mass is 10.2. The highest BCUT2D eigenvalue weighted by Gasteiger charge is 2.07. The Morgan fingerprint density at radius 2 is 2.22 bits per heavy atom. The van der Waals surface area contributed by atoms with Crippen LogP contribution in [0.25, 0.3) is 0 Å². The average Bonchev–Trinajstić information content (AvgIpc) is 2.32. The van der Waals surface area contributed by atoms with Gasteiger partial charge in [-0.05, 0) is 31.0 Å². The molecule has 18 heavy (non-hydrogen) atoms. The van der Waals surface area contributed by atoms with Crippen LogP contribution in [0.15, 0.2) is 18.2 Å². The third-order valence-corrected chi connectivity index (χ3v) is 2.80. The van der Waals surface area contributed by atoms with Crippen LogP contribution in [0.3, 0.4) is 0 Å². The van der Waals surface area contributed by atoms with E-state index >= 15 is 0 Å². The molecule has 0 aliphatic carbocycles. The zero-order valence-electron chi connectivity index (χ0n) is 10.7. The van der Waals surface area contributed by atoms with Gasteiger partial charge in [-0.3, -0.25) is 0 Å². The van der Waals surface area contributed by atoms with Gasteiger partial charge in [-0.1, -0.05) is 31.0 Å². The lowest BCUT2D eigenvalue weighted by molar-refractivity contribution is 0.162. The van der Waals surface area contributed by atoms with Gasteiger partial charge in [-0.25, -0.2) is 4.79 Å². The van der Waals surface area contributed by atoms with Crippen molar-refractivity contribution in [1.29, 1.82) is 0 Å². The van der Waals surface area contributed by atoms with Crippen molar-refractivity contribution in [2.24, 2.45) is 0 Å². The van der Waals surface area contributed by atoms with Crippen LogP contribution in [-0.4, -0.2) is 23.8 Å². The minimum Gasteiger partial charge on any atom is -0.391 e. The van der Waals surface area contributed by atoms with E-state index in [9.17, 15) is 9.90 Å². The second-order valence-corrected chi connectivity index (χ2v) is 4.67. The molecular formula is C13H19ClN2O2. The van der Waals surface area contributed by atoms with Gasteiger partial charge in [0.1, 0.15) is 0 Å². The minimum atomic E-state index is -0.499. The van der Waals surface area contributed by atoms with Crippen molar-refractivity contribution in [3.63, 3.8) is 0 Å². The highest BCUT2D eigenvalue weighted by Crippen LogP contribution is 2.19. The van der Waals surface area contributed by atoms with Crippen LogP contribution in [0, 0.1) is 6.92 Å². The summed E-state index contributed by atoms with van der Waals surface area (Å²) < 4.78 is 0. The molecule has 0 aromatic heterocycles. The molecule has 100 valence electrons. The maximum atomic E-state index is 11.6. The third-order valence-electron chi connectivity index (χ3n) is 2.57. The molecule has 0 spiro atoms. The highest BCUT2D eigenvalue weighted by atomic mass is 35.5. The standard InChI is InChI=1S/C13H19ClN2O2/c1-3-4-11(17)8-15-13(18)16-12-7-10(14)6-5-9(12)2/h5-7,11,17H,3-4,8H2,1-2H3,(H2,15,16,18). The van der Waals surface area contributed by atoms with Crippen LogP contribution >= 0.6 is 11.6 Å². The number of anilines is 1. The molecular weight excluding hydrogens is 252 g/mol. The first-order valence-corrected chi connectivity index (χ1v) is 6.39. The molecule has 0 radical (unpaired) electrons. The number of aryl methyl sites for hydroxylation is 1. The lowest BCUT2D eigenvalue weighted by Gasteiger charge is -2.13. The number of rotatable bonds is 5. The topological polar surface area (TPSA) is 61.4 Å². The summed E-state index contributed by atoms with van der Waals surface area (Å²) >= 11 is 5.86. The molecule has 0 aliphatic heterocycles. The van der Waals surface area contributed by atoms with Gasteiger partial charge in [-0.2, -0.15) is 0 Å². The van der Waals surface area contributed by atoms with Crippen LogP contribution in [0.1, 0.15) is 25.3 Å². The molecule has 2 amide bonds. The van der Waals surface area contributed by atoms with Gasteiger partial charge in [0.2, 0.25) is 0 Å². The Bertz CT molecular complexity index is 410. The fourth-order valence-electron chi connectivity index (χ4n) is 1.54. The van der Waals surface area contributed by atoms with E-state index in [0.717, 1.165) is 12.0 Å². The SMILES string of the molecule is CCCC(O)CNC(=O)Nc1cc(Cl)ccc1C. The quantitative estimate of drug-likeness (QED) is 0.770. The molecule has 1 aromatic rings. The van der Waals surface area contributed by atoms with Crippen molar-refractivity contribution in [2.45, 2.75) is 32.8 Å². The summed E-state index contributed by atoms with van der Waals surface area (Å²) in [6.45, 7) is 4.12. The van der Waals surface area contributed by atoms with Crippen LogP contribution in [0.2, 0.25) is 5.02 Å². The molecule has 0 fully saturated rings. The van der Waals surface area contributed by atoms with E-state index in [2.05, 4.69) is 10.6 Å². The van der Waals surface area contributed by atoms with E-state index in [1.165, 1.54) is 0 Å². The molecule has 1 unspecified atom stereocenters. The molecule has 3 N–H and O–H groups in total. The number of urea groups is 1. The van der Waals surface area contributed by atoms with Crippen LogP contribution < -0.4 is 10.6 Å². The molecule has 4 nitrogen and oxygen atoms in total. The number of aliphatic hydroxyl groups is 1. The maximum absolute atomic E-state index is 11.6. The monoisotopic (exact) mass is 270 g/mol. The zero-order valence-corrected chi connectivity index (χ0v) is 11.4. The van der Waals surface area contributed by atoms with Gasteiger partial charge >= 0.3 is 6.03 Å². The van der Waals surface area contributed by atoms with Crippen molar-refractivity contribution < 1.29 is 9.90 Å². The van der Waals surface area contributed by atoms with Gasteiger partial charge < -0.3 is 15.7 Å². The first-order valence-electron chi connectivity index (χ1n) is 6.02. The van der Waals surface area contributed by atoms with Crippen LogP contribution in [0.4, 0.5) is 10.5 Å². The molecule has 1 atom stereocenters. The van der Waals surface area contributed by atoms with Gasteiger partial charge in [-0.15, -0.1) is 0 Å². The Morgan fingerprint density at radius 1 is 1.50 bits per heavy atom. The number of halogens is 1. The predicted molar refractivity (Wildman–Crippen MR) is 74.1 cm³/mol. The third kappa shape index (κ3) is 4.94. The normalized spacial score (nSPS) is 12.0. The van der Waals surface area contributed by atoms with E-state index in [4.69, 9.17) is 11.6 Å². The second kappa shape index (κ2) is 7.24. The van der Waals surface area contributed by atoms with Gasteiger partial charge in [0, 0.05) is 17.3 Å². The van der Waals surface area contributed by atoms with Crippen molar-refractivity contribution in [2.75, 3.05) is 11.9 Å². The smallest absolute Gasteiger partial charge is 0.319 e. The molecule has 5 heteroatoms. The number of carbonyl (C=O) groups excluding carboxylic acids is 1. The van der Waals surface area contributed by atoms with E-state index in [1.807, 2.05) is 19.9 Å². The van der Waals surface area contributed by atoms with Gasteiger partial charge in [0.25, 0.3) is 0 Å². The molecule has 0 bridgehead atoms. The molecule has 0 heterocycles. The first-order chi connectivity index (χ1) is 8.52. The number of hydrogen-bond donors (Lipinski definition) is 3. The second-order valence-electron chi connectivity index (χ2n) is 4.24. The lowest BCUT2D eigenvalue weighted by Crippen LogP contribution is -2.35. The van der Waals surface area contributed by atoms with E-state index in [0.29, 0.717) is 17.1 Å². The van der Waals surface area contributed by atoms with Crippen LogP contribution in [-0.2, 0) is 0 Å². The van der Waals surface area contributed by atoms with Gasteiger partial charge in [0.05, 0.1) is 6.10 Å². The van der Waals surface area contributed by atoms with E-state index in [-0.39, 0.29) is 12.6 Å². The average molecular weight is 271 g/mol. The highest BCUT2D eigenvalue weighted by molar-refractivity contribution is 6.31. The molecule has 0 saturated carbocycles. The summed E-state index contributed by atoms with van der Waals surface area (Å²) in [6, 6.07) is 4.96. The number of hydrogen-bond acceptors (Lipinski definition) is 2. The fraction of sp³-hybridized carbons (Fsp3) is 0.462. The van der Waals surface area contributed by atoms with E-state index in [1.54, 1.807) is 12.1 Å². The number of carbonyl (C=O) groups is 1. The summed E-state index contributed by atoms with van der Waals surface area (Å²) in [7, 11) is 0. The number of nitrogens with one attached hydrogen (secondary N) is 2. The molecule has 1 rings (SSSR count). The largest absolute Gasteiger partial charge is 0.391 e. The maximum Gasteiger partial charge on any atom is 0.319 e.